The van der Waals surface area contributed by atoms with Crippen molar-refractivity contribution in [2.24, 2.45) is 0 Å². The number of aromatic nitrogens is 3. The van der Waals surface area contributed by atoms with Crippen molar-refractivity contribution in [3.8, 4) is 5.75 Å². The molecule has 0 radical (unpaired) electrons. The van der Waals surface area contributed by atoms with Crippen LogP contribution in [-0.2, 0) is 13.2 Å². The van der Waals surface area contributed by atoms with Crippen LogP contribution in [0.25, 0.3) is 0 Å². The van der Waals surface area contributed by atoms with Gasteiger partial charge in [0.25, 0.3) is 5.91 Å². The van der Waals surface area contributed by atoms with Crippen molar-refractivity contribution < 1.29 is 9.53 Å². The minimum Gasteiger partial charge on any atom is -0.489 e. The molecule has 6 nitrogen and oxygen atoms in total. The number of rotatable bonds is 7. The van der Waals surface area contributed by atoms with Crippen LogP contribution in [0.3, 0.4) is 0 Å². The number of carbonyl (C=O) groups is 1. The molecule has 0 fully saturated rings. The van der Waals surface area contributed by atoms with Gasteiger partial charge in [-0.25, -0.2) is 9.67 Å². The van der Waals surface area contributed by atoms with Gasteiger partial charge in [0.15, 0.2) is 0 Å². The van der Waals surface area contributed by atoms with E-state index in [2.05, 4.69) is 15.4 Å². The standard InChI is InChI=1S/C22H19ClN4O2S/c1-15-2-8-19(9-3-15)29-12-17-10-20(30-13-17)21(28)25-22-24-14-27(26-22)11-16-4-6-18(23)7-5-16/h2-10,13-14H,11-12H2,1H3,(H,25,26,28). The third-order valence-corrected chi connectivity index (χ3v) is 5.55. The Morgan fingerprint density at radius 3 is 2.67 bits per heavy atom. The lowest BCUT2D eigenvalue weighted by atomic mass is 10.2. The Balaban J connectivity index is 1.32. The quantitative estimate of drug-likeness (QED) is 0.431. The topological polar surface area (TPSA) is 69.0 Å². The second-order valence-electron chi connectivity index (χ2n) is 6.77. The van der Waals surface area contributed by atoms with Crippen LogP contribution >= 0.6 is 22.9 Å². The Morgan fingerprint density at radius 2 is 1.90 bits per heavy atom. The maximum absolute atomic E-state index is 12.5. The lowest BCUT2D eigenvalue weighted by molar-refractivity contribution is 0.102. The number of thiophene rings is 1. The minimum absolute atomic E-state index is 0.245. The summed E-state index contributed by atoms with van der Waals surface area (Å²) in [5.41, 5.74) is 3.16. The Kier molecular flexibility index (Phi) is 6.11. The Morgan fingerprint density at radius 1 is 1.13 bits per heavy atom. The number of carbonyl (C=O) groups excluding carboxylic acids is 1. The number of hydrogen-bond acceptors (Lipinski definition) is 5. The fraction of sp³-hybridized carbons (Fsp3) is 0.136. The third kappa shape index (κ3) is 5.25. The van der Waals surface area contributed by atoms with E-state index in [4.69, 9.17) is 16.3 Å². The molecule has 1 N–H and O–H groups in total. The summed E-state index contributed by atoms with van der Waals surface area (Å²) in [6, 6.07) is 17.2. The number of hydrogen-bond donors (Lipinski definition) is 1. The minimum atomic E-state index is -0.245. The number of nitrogens with one attached hydrogen (secondary N) is 1. The molecule has 0 aliphatic rings. The summed E-state index contributed by atoms with van der Waals surface area (Å²) < 4.78 is 7.43. The van der Waals surface area contributed by atoms with Crippen molar-refractivity contribution in [2.75, 3.05) is 5.32 Å². The van der Waals surface area contributed by atoms with Gasteiger partial charge in [-0.1, -0.05) is 41.4 Å². The summed E-state index contributed by atoms with van der Waals surface area (Å²) in [7, 11) is 0. The van der Waals surface area contributed by atoms with Crippen molar-refractivity contribution >= 4 is 34.8 Å². The van der Waals surface area contributed by atoms with Gasteiger partial charge in [-0.15, -0.1) is 16.4 Å². The van der Waals surface area contributed by atoms with Gasteiger partial charge in [-0.2, -0.15) is 0 Å². The highest BCUT2D eigenvalue weighted by molar-refractivity contribution is 7.12. The number of aryl methyl sites for hydroxylation is 1. The van der Waals surface area contributed by atoms with Crippen LogP contribution in [-0.4, -0.2) is 20.7 Å². The highest BCUT2D eigenvalue weighted by Crippen LogP contribution is 2.19. The van der Waals surface area contributed by atoms with Crippen LogP contribution in [0.15, 0.2) is 66.3 Å². The van der Waals surface area contributed by atoms with Crippen molar-refractivity contribution in [2.45, 2.75) is 20.1 Å². The van der Waals surface area contributed by atoms with E-state index in [1.54, 1.807) is 11.0 Å². The molecule has 30 heavy (non-hydrogen) atoms. The zero-order valence-electron chi connectivity index (χ0n) is 16.2. The molecule has 152 valence electrons. The first-order valence-electron chi connectivity index (χ1n) is 9.27. The molecule has 2 aromatic heterocycles. The fourth-order valence-electron chi connectivity index (χ4n) is 2.74. The summed E-state index contributed by atoms with van der Waals surface area (Å²) in [6.45, 7) is 2.98. The smallest absolute Gasteiger partial charge is 0.268 e. The number of ether oxygens (including phenoxy) is 1. The molecule has 0 spiro atoms. The van der Waals surface area contributed by atoms with E-state index in [9.17, 15) is 4.79 Å². The number of halogens is 1. The Labute approximate surface area is 183 Å². The van der Waals surface area contributed by atoms with Gasteiger partial charge < -0.3 is 4.74 Å². The molecule has 4 aromatic rings. The molecule has 0 aliphatic heterocycles. The van der Waals surface area contributed by atoms with Gasteiger partial charge in [0, 0.05) is 10.6 Å². The first kappa shape index (κ1) is 20.1. The largest absolute Gasteiger partial charge is 0.489 e. The molecule has 0 bridgehead atoms. The summed E-state index contributed by atoms with van der Waals surface area (Å²) in [4.78, 5) is 17.2. The van der Waals surface area contributed by atoms with Gasteiger partial charge in [0.2, 0.25) is 5.95 Å². The predicted molar refractivity (Wildman–Crippen MR) is 118 cm³/mol. The second-order valence-corrected chi connectivity index (χ2v) is 8.11. The lowest BCUT2D eigenvalue weighted by Gasteiger charge is -2.04. The maximum atomic E-state index is 12.5. The van der Waals surface area contributed by atoms with Crippen LogP contribution in [0.4, 0.5) is 5.95 Å². The van der Waals surface area contributed by atoms with Crippen LogP contribution in [0.5, 0.6) is 5.75 Å². The molecule has 0 aliphatic carbocycles. The molecule has 0 unspecified atom stereocenters. The number of nitrogens with zero attached hydrogens (tertiary/aromatic N) is 3. The van der Waals surface area contributed by atoms with E-state index in [0.717, 1.165) is 16.9 Å². The highest BCUT2D eigenvalue weighted by Gasteiger charge is 2.12. The molecule has 2 heterocycles. The van der Waals surface area contributed by atoms with Crippen LogP contribution in [0, 0.1) is 6.92 Å². The van der Waals surface area contributed by atoms with E-state index < -0.39 is 0 Å². The second kappa shape index (κ2) is 9.11. The fourth-order valence-corrected chi connectivity index (χ4v) is 3.66. The normalized spacial score (nSPS) is 10.7. The van der Waals surface area contributed by atoms with E-state index in [-0.39, 0.29) is 11.9 Å². The predicted octanol–water partition coefficient (Wildman–Crippen LogP) is 5.18. The average molecular weight is 439 g/mol. The zero-order chi connectivity index (χ0) is 20.9. The van der Waals surface area contributed by atoms with E-state index in [0.29, 0.717) is 23.1 Å². The van der Waals surface area contributed by atoms with Crippen molar-refractivity contribution in [3.05, 3.63) is 92.9 Å². The van der Waals surface area contributed by atoms with Crippen molar-refractivity contribution in [1.29, 1.82) is 0 Å². The summed E-state index contributed by atoms with van der Waals surface area (Å²) in [5, 5.41) is 9.63. The lowest BCUT2D eigenvalue weighted by Crippen LogP contribution is -2.12. The number of anilines is 1. The Hall–Kier alpha value is -3.16. The zero-order valence-corrected chi connectivity index (χ0v) is 17.8. The van der Waals surface area contributed by atoms with Gasteiger partial charge in [0.05, 0.1) is 11.4 Å². The summed E-state index contributed by atoms with van der Waals surface area (Å²) in [5.74, 6) is 0.818. The molecule has 8 heteroatoms. The average Bonchev–Trinajstić information content (AvgIpc) is 3.39. The SMILES string of the molecule is Cc1ccc(OCc2csc(C(=O)Nc3ncn(Cc4ccc(Cl)cc4)n3)c2)cc1. The number of amides is 1. The van der Waals surface area contributed by atoms with Crippen molar-refractivity contribution in [3.63, 3.8) is 0 Å². The molecular weight excluding hydrogens is 420 g/mol. The first-order chi connectivity index (χ1) is 14.5. The highest BCUT2D eigenvalue weighted by atomic mass is 35.5. The van der Waals surface area contributed by atoms with Crippen LogP contribution in [0.1, 0.15) is 26.4 Å². The third-order valence-electron chi connectivity index (χ3n) is 4.32. The van der Waals surface area contributed by atoms with Crippen LogP contribution < -0.4 is 10.1 Å². The summed E-state index contributed by atoms with van der Waals surface area (Å²) in [6.07, 6.45) is 1.58. The first-order valence-corrected chi connectivity index (χ1v) is 10.5. The van der Waals surface area contributed by atoms with Crippen LogP contribution in [0.2, 0.25) is 5.02 Å². The van der Waals surface area contributed by atoms with E-state index in [1.807, 2.05) is 66.9 Å². The van der Waals surface area contributed by atoms with Crippen molar-refractivity contribution in [1.82, 2.24) is 14.8 Å². The summed E-state index contributed by atoms with van der Waals surface area (Å²) >= 11 is 7.26. The molecule has 0 atom stereocenters. The monoisotopic (exact) mass is 438 g/mol. The van der Waals surface area contributed by atoms with E-state index in [1.165, 1.54) is 16.9 Å². The molecule has 2 aromatic carbocycles. The van der Waals surface area contributed by atoms with Gasteiger partial charge in [-0.05, 0) is 48.2 Å². The van der Waals surface area contributed by atoms with E-state index >= 15 is 0 Å². The molecule has 4 rings (SSSR count). The molecule has 1 amide bonds. The van der Waals surface area contributed by atoms with Gasteiger partial charge >= 0.3 is 0 Å². The molecule has 0 saturated heterocycles. The maximum Gasteiger partial charge on any atom is 0.268 e. The number of benzene rings is 2. The molecular formula is C22H19ClN4O2S. The molecule has 0 saturated carbocycles. The Bertz CT molecular complexity index is 1140. The van der Waals surface area contributed by atoms with Gasteiger partial charge in [-0.3, -0.25) is 10.1 Å². The van der Waals surface area contributed by atoms with Gasteiger partial charge in [0.1, 0.15) is 18.7 Å².